The van der Waals surface area contributed by atoms with E-state index in [1.165, 1.54) is 12.0 Å². The molecular weight excluding hydrogens is 582 g/mol. The van der Waals surface area contributed by atoms with Crippen LogP contribution in [0.1, 0.15) is 68.4 Å². The SMILES string of the molecule is CCOC(=O)CC1CCOc2cnc(OCC3CCN(c4c(C5CCN(CC(F)(F)F)CC5)ccc(OC)c4F)CC3)cc21. The van der Waals surface area contributed by atoms with Crippen LogP contribution in [0.25, 0.3) is 0 Å². The molecule has 1 aromatic heterocycles. The zero-order valence-electron chi connectivity index (χ0n) is 25.3. The standard InChI is InChI=1S/C32H41F4N3O5/c1-3-42-29(40)16-23-10-15-43-27-18-37-28(17-25(23)27)44-19-21-6-13-39(14-7-21)31-24(4-5-26(41-2)30(31)33)22-8-11-38(12-9-22)20-32(34,35)36/h4-5,17-18,21-23H,3,6-16,19-20H2,1-2H3. The number of alkyl halides is 3. The zero-order valence-corrected chi connectivity index (χ0v) is 25.3. The molecule has 242 valence electrons. The molecule has 2 saturated heterocycles. The predicted octanol–water partition coefficient (Wildman–Crippen LogP) is 6.09. The third-order valence-electron chi connectivity index (χ3n) is 8.91. The minimum Gasteiger partial charge on any atom is -0.494 e. The summed E-state index contributed by atoms with van der Waals surface area (Å²) in [5.41, 5.74) is 2.24. The summed E-state index contributed by atoms with van der Waals surface area (Å²) in [6.07, 6.45) is 1.04. The van der Waals surface area contributed by atoms with Crippen molar-refractivity contribution in [3.8, 4) is 17.4 Å². The minimum absolute atomic E-state index is 0.0183. The number of aromatic nitrogens is 1. The van der Waals surface area contributed by atoms with Crippen LogP contribution in [0, 0.1) is 11.7 Å². The number of esters is 1. The Hall–Kier alpha value is -3.28. The van der Waals surface area contributed by atoms with Crippen LogP contribution >= 0.6 is 0 Å². The molecule has 0 spiro atoms. The van der Waals surface area contributed by atoms with Crippen molar-refractivity contribution in [1.82, 2.24) is 9.88 Å². The topological polar surface area (TPSA) is 73.4 Å². The van der Waals surface area contributed by atoms with E-state index in [1.54, 1.807) is 19.2 Å². The van der Waals surface area contributed by atoms with E-state index in [0.29, 0.717) is 82.6 Å². The van der Waals surface area contributed by atoms with Gasteiger partial charge in [-0.15, -0.1) is 0 Å². The molecule has 3 aliphatic heterocycles. The fourth-order valence-electron chi connectivity index (χ4n) is 6.61. The summed E-state index contributed by atoms with van der Waals surface area (Å²) in [6.45, 7) is 4.06. The summed E-state index contributed by atoms with van der Waals surface area (Å²) in [6, 6.07) is 5.34. The van der Waals surface area contributed by atoms with Crippen molar-refractivity contribution in [3.63, 3.8) is 0 Å². The maximum absolute atomic E-state index is 15.7. The Morgan fingerprint density at radius 2 is 1.82 bits per heavy atom. The van der Waals surface area contributed by atoms with Crippen molar-refractivity contribution >= 4 is 11.7 Å². The molecule has 2 fully saturated rings. The molecule has 1 atom stereocenters. The molecule has 44 heavy (non-hydrogen) atoms. The number of anilines is 1. The van der Waals surface area contributed by atoms with E-state index < -0.39 is 18.5 Å². The lowest BCUT2D eigenvalue weighted by molar-refractivity contribution is -0.148. The zero-order chi connectivity index (χ0) is 31.3. The molecule has 3 aliphatic rings. The van der Waals surface area contributed by atoms with Gasteiger partial charge < -0.3 is 23.8 Å². The second-order valence-electron chi connectivity index (χ2n) is 11.8. The second-order valence-corrected chi connectivity index (χ2v) is 11.8. The van der Waals surface area contributed by atoms with Crippen LogP contribution < -0.4 is 19.1 Å². The van der Waals surface area contributed by atoms with Gasteiger partial charge in [-0.3, -0.25) is 9.69 Å². The van der Waals surface area contributed by atoms with Gasteiger partial charge >= 0.3 is 12.1 Å². The van der Waals surface area contributed by atoms with Crippen LogP contribution in [0.2, 0.25) is 0 Å². The van der Waals surface area contributed by atoms with Gasteiger partial charge in [0, 0.05) is 30.6 Å². The Morgan fingerprint density at radius 1 is 1.07 bits per heavy atom. The number of benzene rings is 1. The highest BCUT2D eigenvalue weighted by molar-refractivity contribution is 5.71. The number of pyridine rings is 1. The van der Waals surface area contributed by atoms with E-state index in [-0.39, 0.29) is 35.9 Å². The van der Waals surface area contributed by atoms with E-state index in [9.17, 15) is 18.0 Å². The molecule has 2 aromatic rings. The third-order valence-corrected chi connectivity index (χ3v) is 8.91. The minimum atomic E-state index is -4.23. The van der Waals surface area contributed by atoms with Gasteiger partial charge in [0.15, 0.2) is 11.6 Å². The molecule has 0 N–H and O–H groups in total. The van der Waals surface area contributed by atoms with E-state index in [2.05, 4.69) is 4.98 Å². The average Bonchev–Trinajstić information content (AvgIpc) is 3.00. The van der Waals surface area contributed by atoms with Crippen molar-refractivity contribution in [2.24, 2.45) is 5.92 Å². The van der Waals surface area contributed by atoms with E-state index in [0.717, 1.165) is 24.0 Å². The number of piperidine rings is 2. The van der Waals surface area contributed by atoms with Gasteiger partial charge in [0.1, 0.15) is 5.75 Å². The average molecular weight is 624 g/mol. The molecule has 5 rings (SSSR count). The highest BCUT2D eigenvalue weighted by Gasteiger charge is 2.35. The Kier molecular flexibility index (Phi) is 10.4. The van der Waals surface area contributed by atoms with Gasteiger partial charge in [-0.05, 0) is 75.6 Å². The first-order chi connectivity index (χ1) is 21.1. The molecule has 12 heteroatoms. The molecule has 0 bridgehead atoms. The fourth-order valence-corrected chi connectivity index (χ4v) is 6.61. The van der Waals surface area contributed by atoms with E-state index >= 15 is 4.39 Å². The highest BCUT2D eigenvalue weighted by atomic mass is 19.4. The lowest BCUT2D eigenvalue weighted by Crippen LogP contribution is -2.40. The molecular formula is C32H41F4N3O5. The number of halogens is 4. The van der Waals surface area contributed by atoms with Crippen molar-refractivity contribution < 1.29 is 41.3 Å². The maximum atomic E-state index is 15.7. The normalized spacial score (nSPS) is 20.1. The number of likely N-dealkylation sites (tertiary alicyclic amines) is 1. The summed E-state index contributed by atoms with van der Waals surface area (Å²) < 4.78 is 76.7. The first-order valence-electron chi connectivity index (χ1n) is 15.5. The molecule has 4 heterocycles. The number of carbonyl (C=O) groups is 1. The Bertz CT molecular complexity index is 1280. The van der Waals surface area contributed by atoms with Gasteiger partial charge in [0.05, 0.1) is 51.8 Å². The van der Waals surface area contributed by atoms with Crippen molar-refractivity contribution in [2.45, 2.75) is 63.5 Å². The molecule has 0 amide bonds. The predicted molar refractivity (Wildman–Crippen MR) is 156 cm³/mol. The van der Waals surface area contributed by atoms with Crippen LogP contribution in [0.3, 0.4) is 0 Å². The van der Waals surface area contributed by atoms with Crippen molar-refractivity contribution in [1.29, 1.82) is 0 Å². The van der Waals surface area contributed by atoms with Crippen molar-refractivity contribution in [2.75, 3.05) is 64.6 Å². The van der Waals surface area contributed by atoms with Gasteiger partial charge in [0.2, 0.25) is 5.88 Å². The summed E-state index contributed by atoms with van der Waals surface area (Å²) in [7, 11) is 1.43. The highest BCUT2D eigenvalue weighted by Crippen LogP contribution is 2.42. The van der Waals surface area contributed by atoms with Crippen molar-refractivity contribution in [3.05, 3.63) is 41.3 Å². The quantitative estimate of drug-likeness (QED) is 0.233. The molecule has 0 aliphatic carbocycles. The summed E-state index contributed by atoms with van der Waals surface area (Å²) in [5, 5.41) is 0. The van der Waals surface area contributed by atoms with Crippen LogP contribution in [0.4, 0.5) is 23.2 Å². The van der Waals surface area contributed by atoms with Crippen LogP contribution in [0.15, 0.2) is 24.4 Å². The number of rotatable bonds is 10. The van der Waals surface area contributed by atoms with E-state index in [4.69, 9.17) is 18.9 Å². The Balaban J connectivity index is 1.20. The lowest BCUT2D eigenvalue weighted by atomic mass is 9.86. The number of ether oxygens (including phenoxy) is 4. The first kappa shape index (κ1) is 32.1. The second kappa shape index (κ2) is 14.2. The Morgan fingerprint density at radius 3 is 2.50 bits per heavy atom. The molecule has 0 saturated carbocycles. The number of nitrogens with zero attached hydrogens (tertiary/aromatic N) is 3. The van der Waals surface area contributed by atoms with Gasteiger partial charge in [-0.1, -0.05) is 6.07 Å². The number of carbonyl (C=O) groups excluding carboxylic acids is 1. The van der Waals surface area contributed by atoms with Crippen LogP contribution in [-0.2, 0) is 9.53 Å². The number of hydrogen-bond donors (Lipinski definition) is 0. The van der Waals surface area contributed by atoms with Crippen LogP contribution in [0.5, 0.6) is 17.4 Å². The Labute approximate surface area is 255 Å². The molecule has 8 nitrogen and oxygen atoms in total. The monoisotopic (exact) mass is 623 g/mol. The number of hydrogen-bond acceptors (Lipinski definition) is 8. The van der Waals surface area contributed by atoms with E-state index in [1.807, 2.05) is 17.0 Å². The molecule has 1 aromatic carbocycles. The number of fused-ring (bicyclic) bond motifs is 1. The largest absolute Gasteiger partial charge is 0.494 e. The summed E-state index contributed by atoms with van der Waals surface area (Å²) >= 11 is 0. The van der Waals surface area contributed by atoms with Crippen LogP contribution in [-0.4, -0.2) is 81.7 Å². The van der Waals surface area contributed by atoms with Gasteiger partial charge in [-0.25, -0.2) is 9.37 Å². The molecule has 0 radical (unpaired) electrons. The summed E-state index contributed by atoms with van der Waals surface area (Å²) in [5.74, 6) is 0.829. The fraction of sp³-hybridized carbons (Fsp3) is 0.625. The number of methoxy groups -OCH3 is 1. The van der Waals surface area contributed by atoms with Gasteiger partial charge in [0.25, 0.3) is 0 Å². The third kappa shape index (κ3) is 7.86. The molecule has 1 unspecified atom stereocenters. The maximum Gasteiger partial charge on any atom is 0.401 e. The van der Waals surface area contributed by atoms with Gasteiger partial charge in [-0.2, -0.15) is 13.2 Å². The smallest absolute Gasteiger partial charge is 0.401 e. The summed E-state index contributed by atoms with van der Waals surface area (Å²) in [4.78, 5) is 20.0. The lowest BCUT2D eigenvalue weighted by Gasteiger charge is -2.38. The first-order valence-corrected chi connectivity index (χ1v) is 15.5.